The van der Waals surface area contributed by atoms with E-state index in [2.05, 4.69) is 9.99 Å². The summed E-state index contributed by atoms with van der Waals surface area (Å²) in [5.41, 5.74) is 0.343. The summed E-state index contributed by atoms with van der Waals surface area (Å²) in [5.74, 6) is -0.347. The number of rotatable bonds is 4. The molecule has 0 rings (SSSR count). The predicted molar refractivity (Wildman–Crippen MR) is 58.7 cm³/mol. The Balaban J connectivity index is 4.55. The third kappa shape index (κ3) is 5.01. The Morgan fingerprint density at radius 3 is 2.07 bits per heavy atom. The smallest absolute Gasteiger partial charge is 0.343 e. The van der Waals surface area contributed by atoms with Crippen molar-refractivity contribution in [3.05, 3.63) is 0 Å². The summed E-state index contributed by atoms with van der Waals surface area (Å²) in [6.07, 6.45) is 0. The van der Waals surface area contributed by atoms with Crippen LogP contribution in [0.2, 0.25) is 19.6 Å². The molecule has 0 heterocycles. The highest BCUT2D eigenvalue weighted by atomic mass is 28.4. The van der Waals surface area contributed by atoms with Crippen molar-refractivity contribution in [2.24, 2.45) is 11.1 Å². The lowest BCUT2D eigenvalue weighted by atomic mass is 10.1. The zero-order valence-corrected chi connectivity index (χ0v) is 10.7. The molecule has 5 heteroatoms. The first-order chi connectivity index (χ1) is 6.28. The fraction of sp³-hybridized carbons (Fsp3) is 0.778. The number of nitrogens with zero attached hydrogens (tertiary/aromatic N) is 1. The molecule has 0 atom stereocenters. The van der Waals surface area contributed by atoms with Crippen LogP contribution in [0, 0.1) is 5.92 Å². The Labute approximate surface area is 86.4 Å². The Kier molecular flexibility index (Phi) is 4.83. The molecule has 0 saturated heterocycles. The van der Waals surface area contributed by atoms with Gasteiger partial charge in [-0.25, -0.2) is 4.79 Å². The average molecular weight is 217 g/mol. The van der Waals surface area contributed by atoms with E-state index in [0.29, 0.717) is 5.71 Å². The molecule has 0 fully saturated rings. The number of oxime groups is 1. The second kappa shape index (κ2) is 5.14. The Morgan fingerprint density at radius 1 is 1.29 bits per heavy atom. The summed E-state index contributed by atoms with van der Waals surface area (Å²) in [6, 6.07) is 0. The van der Waals surface area contributed by atoms with E-state index >= 15 is 0 Å². The van der Waals surface area contributed by atoms with E-state index in [1.165, 1.54) is 7.11 Å². The SMILES string of the molecule is CO/N=C(\C(=O)O[Si](C)(C)C)C(C)C. The van der Waals surface area contributed by atoms with Gasteiger partial charge in [0.05, 0.1) is 0 Å². The molecule has 14 heavy (non-hydrogen) atoms. The Bertz CT molecular complexity index is 231. The van der Waals surface area contributed by atoms with Crippen molar-refractivity contribution in [1.82, 2.24) is 0 Å². The molecule has 0 spiro atoms. The molecular formula is C9H19NO3Si. The molecule has 0 aliphatic rings. The monoisotopic (exact) mass is 217 g/mol. The van der Waals surface area contributed by atoms with E-state index in [4.69, 9.17) is 4.43 Å². The zero-order chi connectivity index (χ0) is 11.4. The lowest BCUT2D eigenvalue weighted by Gasteiger charge is -2.18. The van der Waals surface area contributed by atoms with Gasteiger partial charge in [-0.05, 0) is 19.6 Å². The molecular weight excluding hydrogens is 198 g/mol. The van der Waals surface area contributed by atoms with Crippen LogP contribution in [-0.4, -0.2) is 27.1 Å². The van der Waals surface area contributed by atoms with Crippen molar-refractivity contribution in [1.29, 1.82) is 0 Å². The standard InChI is InChI=1S/C9H19NO3Si/c1-7(2)8(10-12-3)9(11)13-14(4,5)6/h7H,1-6H3/b10-8-. The second-order valence-corrected chi connectivity index (χ2v) is 8.74. The van der Waals surface area contributed by atoms with Crippen LogP contribution in [-0.2, 0) is 14.1 Å². The largest absolute Gasteiger partial charge is 0.515 e. The summed E-state index contributed by atoms with van der Waals surface area (Å²) in [5, 5.41) is 3.67. The maximum Gasteiger partial charge on any atom is 0.343 e. The molecule has 0 N–H and O–H groups in total. The summed E-state index contributed by atoms with van der Waals surface area (Å²) in [6.45, 7) is 9.62. The molecule has 0 radical (unpaired) electrons. The van der Waals surface area contributed by atoms with Crippen LogP contribution in [0.4, 0.5) is 0 Å². The summed E-state index contributed by atoms with van der Waals surface area (Å²) in [4.78, 5) is 16.2. The van der Waals surface area contributed by atoms with Crippen LogP contribution in [0.3, 0.4) is 0 Å². The first-order valence-corrected chi connectivity index (χ1v) is 8.03. The molecule has 0 aromatic heterocycles. The summed E-state index contributed by atoms with van der Waals surface area (Å²) >= 11 is 0. The lowest BCUT2D eigenvalue weighted by molar-refractivity contribution is -0.128. The zero-order valence-electron chi connectivity index (χ0n) is 9.75. The molecule has 4 nitrogen and oxygen atoms in total. The van der Waals surface area contributed by atoms with Gasteiger partial charge in [0.2, 0.25) is 8.32 Å². The fourth-order valence-electron chi connectivity index (χ4n) is 0.807. The third-order valence-corrected chi connectivity index (χ3v) is 2.14. The number of hydrogen-bond acceptors (Lipinski definition) is 4. The lowest BCUT2D eigenvalue weighted by Crippen LogP contribution is -2.34. The van der Waals surface area contributed by atoms with Crippen molar-refractivity contribution in [3.8, 4) is 0 Å². The molecule has 82 valence electrons. The van der Waals surface area contributed by atoms with Crippen molar-refractivity contribution >= 4 is 20.0 Å². The van der Waals surface area contributed by atoms with Gasteiger partial charge in [-0.1, -0.05) is 19.0 Å². The van der Waals surface area contributed by atoms with Crippen molar-refractivity contribution in [2.75, 3.05) is 7.11 Å². The first kappa shape index (κ1) is 13.2. The second-order valence-electron chi connectivity index (χ2n) is 4.32. The minimum absolute atomic E-state index is 0.0128. The quantitative estimate of drug-likeness (QED) is 0.411. The van der Waals surface area contributed by atoms with Crippen molar-refractivity contribution in [2.45, 2.75) is 33.5 Å². The van der Waals surface area contributed by atoms with Crippen molar-refractivity contribution < 1.29 is 14.1 Å². The molecule has 0 aliphatic carbocycles. The van der Waals surface area contributed by atoms with E-state index in [1.807, 2.05) is 33.5 Å². The van der Waals surface area contributed by atoms with Gasteiger partial charge in [0.25, 0.3) is 0 Å². The van der Waals surface area contributed by atoms with E-state index in [0.717, 1.165) is 0 Å². The van der Waals surface area contributed by atoms with Gasteiger partial charge in [0.1, 0.15) is 7.11 Å². The maximum absolute atomic E-state index is 11.6. The minimum Gasteiger partial charge on any atom is -0.515 e. The van der Waals surface area contributed by atoms with Crippen LogP contribution < -0.4 is 0 Å². The third-order valence-electron chi connectivity index (χ3n) is 1.34. The highest BCUT2D eigenvalue weighted by Gasteiger charge is 2.25. The van der Waals surface area contributed by atoms with E-state index in [-0.39, 0.29) is 11.9 Å². The highest BCUT2D eigenvalue weighted by Crippen LogP contribution is 2.07. The summed E-state index contributed by atoms with van der Waals surface area (Å²) < 4.78 is 5.30. The first-order valence-electron chi connectivity index (χ1n) is 4.62. The van der Waals surface area contributed by atoms with Gasteiger partial charge in [-0.3, -0.25) is 0 Å². The van der Waals surface area contributed by atoms with E-state index < -0.39 is 8.32 Å². The highest BCUT2D eigenvalue weighted by molar-refractivity contribution is 6.72. The predicted octanol–water partition coefficient (Wildman–Crippen LogP) is 2.02. The topological polar surface area (TPSA) is 47.9 Å². The van der Waals surface area contributed by atoms with Gasteiger partial charge in [-0.2, -0.15) is 0 Å². The molecule has 0 amide bonds. The van der Waals surface area contributed by atoms with Crippen LogP contribution in [0.25, 0.3) is 0 Å². The summed E-state index contributed by atoms with van der Waals surface area (Å²) in [7, 11) is -0.423. The molecule has 0 unspecified atom stereocenters. The number of hydrogen-bond donors (Lipinski definition) is 0. The average Bonchev–Trinajstić information content (AvgIpc) is 1.95. The van der Waals surface area contributed by atoms with Crippen molar-refractivity contribution in [3.63, 3.8) is 0 Å². The Morgan fingerprint density at radius 2 is 1.79 bits per heavy atom. The van der Waals surface area contributed by atoms with Crippen LogP contribution in [0.5, 0.6) is 0 Å². The van der Waals surface area contributed by atoms with Gasteiger partial charge in [-0.15, -0.1) is 0 Å². The Hall–Kier alpha value is -0.843. The van der Waals surface area contributed by atoms with Crippen LogP contribution >= 0.6 is 0 Å². The molecule has 0 bridgehead atoms. The van der Waals surface area contributed by atoms with Gasteiger partial charge >= 0.3 is 5.97 Å². The number of carbonyl (C=O) groups is 1. The van der Waals surface area contributed by atoms with E-state index in [1.54, 1.807) is 0 Å². The van der Waals surface area contributed by atoms with Gasteiger partial charge in [0, 0.05) is 5.92 Å². The van der Waals surface area contributed by atoms with E-state index in [9.17, 15) is 4.79 Å². The molecule has 0 saturated carbocycles. The van der Waals surface area contributed by atoms with Gasteiger partial charge < -0.3 is 9.26 Å². The molecule has 0 aromatic rings. The van der Waals surface area contributed by atoms with Crippen LogP contribution in [0.1, 0.15) is 13.8 Å². The normalized spacial score (nSPS) is 12.9. The van der Waals surface area contributed by atoms with Crippen LogP contribution in [0.15, 0.2) is 5.16 Å². The fourth-order valence-corrected chi connectivity index (χ4v) is 1.47. The molecule has 0 aliphatic heterocycles. The number of carbonyl (C=O) groups excluding carboxylic acids is 1. The molecule has 0 aromatic carbocycles. The maximum atomic E-state index is 11.6. The minimum atomic E-state index is -1.84. The van der Waals surface area contributed by atoms with Gasteiger partial charge in [0.15, 0.2) is 5.71 Å².